The molecule has 7 nitrogen and oxygen atoms in total. The fourth-order valence-electron chi connectivity index (χ4n) is 3.93. The molecule has 12 heteroatoms. The molecule has 38 heavy (non-hydrogen) atoms. The molecule has 3 aromatic carbocycles. The van der Waals surface area contributed by atoms with E-state index in [1.807, 2.05) is 0 Å². The molecule has 4 rings (SSSR count). The second-order valence-corrected chi connectivity index (χ2v) is 9.10. The van der Waals surface area contributed by atoms with Gasteiger partial charge in [-0.05, 0) is 42.3 Å². The van der Waals surface area contributed by atoms with Gasteiger partial charge in [-0.15, -0.1) is 13.2 Å². The molecule has 0 saturated carbocycles. The van der Waals surface area contributed by atoms with Gasteiger partial charge in [0.2, 0.25) is 0 Å². The summed E-state index contributed by atoms with van der Waals surface area (Å²) >= 11 is 12.4. The van der Waals surface area contributed by atoms with Crippen LogP contribution in [0.3, 0.4) is 0 Å². The number of hydrogen-bond acceptors (Lipinski definition) is 5. The van der Waals surface area contributed by atoms with Gasteiger partial charge in [0.15, 0.2) is 0 Å². The third-order valence-electron chi connectivity index (χ3n) is 5.72. The quantitative estimate of drug-likeness (QED) is 0.295. The minimum atomic E-state index is -4.93. The molecule has 0 fully saturated rings. The Kier molecular flexibility index (Phi) is 8.35. The van der Waals surface area contributed by atoms with Crippen molar-refractivity contribution in [3.05, 3.63) is 88.4 Å². The van der Waals surface area contributed by atoms with Crippen molar-refractivity contribution in [3.8, 4) is 17.2 Å². The standard InChI is InChI=1S/C26H20Cl2F3NO6/c27-20-12-19-18(25(34)35)10-11-36-21(19)13-22(20)37-17-8-6-16(7-9-17)24(33)32(28)14-23(38-26(29,30)31)15-4-2-1-3-5-15/h1-9,12-13,18,23H,10-11,14H2,(H,34,35). The van der Waals surface area contributed by atoms with Crippen molar-refractivity contribution in [2.75, 3.05) is 13.2 Å². The number of nitrogens with zero attached hydrogens (tertiary/aromatic N) is 1. The molecule has 2 unspecified atom stereocenters. The molecule has 0 spiro atoms. The number of amides is 1. The third-order valence-corrected chi connectivity index (χ3v) is 6.31. The number of aliphatic carboxylic acids is 1. The van der Waals surface area contributed by atoms with Crippen molar-refractivity contribution < 1.29 is 42.1 Å². The molecule has 2 atom stereocenters. The van der Waals surface area contributed by atoms with E-state index in [1.165, 1.54) is 48.5 Å². The van der Waals surface area contributed by atoms with Crippen LogP contribution in [0, 0.1) is 0 Å². The van der Waals surface area contributed by atoms with Crippen LogP contribution < -0.4 is 9.47 Å². The van der Waals surface area contributed by atoms with Gasteiger partial charge < -0.3 is 14.6 Å². The zero-order valence-corrected chi connectivity index (χ0v) is 21.0. The van der Waals surface area contributed by atoms with E-state index in [-0.39, 0.29) is 34.3 Å². The van der Waals surface area contributed by atoms with Crippen LogP contribution in [0.25, 0.3) is 0 Å². The summed E-state index contributed by atoms with van der Waals surface area (Å²) in [6, 6.07) is 16.3. The lowest BCUT2D eigenvalue weighted by molar-refractivity contribution is -0.344. The monoisotopic (exact) mass is 569 g/mol. The van der Waals surface area contributed by atoms with Crippen LogP contribution in [0.1, 0.15) is 39.9 Å². The highest BCUT2D eigenvalue weighted by Gasteiger charge is 2.36. The van der Waals surface area contributed by atoms with E-state index < -0.39 is 36.8 Å². The number of carboxylic acids is 1. The number of carbonyl (C=O) groups excluding carboxylic acids is 1. The number of alkyl halides is 3. The van der Waals surface area contributed by atoms with Gasteiger partial charge in [0, 0.05) is 29.0 Å². The summed E-state index contributed by atoms with van der Waals surface area (Å²) in [4.78, 5) is 24.3. The summed E-state index contributed by atoms with van der Waals surface area (Å²) in [5.41, 5.74) is 0.746. The fourth-order valence-corrected chi connectivity index (χ4v) is 4.36. The Hall–Kier alpha value is -3.47. The second kappa shape index (κ2) is 11.5. The Morgan fingerprint density at radius 2 is 1.79 bits per heavy atom. The van der Waals surface area contributed by atoms with Gasteiger partial charge in [0.1, 0.15) is 23.4 Å². The van der Waals surface area contributed by atoms with Crippen molar-refractivity contribution >= 4 is 35.3 Å². The van der Waals surface area contributed by atoms with Crippen LogP contribution in [0.5, 0.6) is 17.2 Å². The summed E-state index contributed by atoms with van der Waals surface area (Å²) in [5, 5.41) is 9.59. The van der Waals surface area contributed by atoms with Crippen LogP contribution in [0.2, 0.25) is 5.02 Å². The van der Waals surface area contributed by atoms with Gasteiger partial charge in [-0.3, -0.25) is 14.3 Å². The molecular weight excluding hydrogens is 550 g/mol. The Labute approximate surface area is 225 Å². The maximum absolute atomic E-state index is 12.9. The zero-order chi connectivity index (χ0) is 27.4. The molecule has 1 aliphatic rings. The van der Waals surface area contributed by atoms with E-state index in [1.54, 1.807) is 18.2 Å². The zero-order valence-electron chi connectivity index (χ0n) is 19.5. The van der Waals surface area contributed by atoms with Crippen LogP contribution in [-0.2, 0) is 9.53 Å². The average Bonchev–Trinajstić information content (AvgIpc) is 2.88. The second-order valence-electron chi connectivity index (χ2n) is 8.29. The molecule has 0 aromatic heterocycles. The van der Waals surface area contributed by atoms with Gasteiger partial charge >= 0.3 is 12.3 Å². The largest absolute Gasteiger partial charge is 0.523 e. The van der Waals surface area contributed by atoms with Gasteiger partial charge in [0.05, 0.1) is 24.1 Å². The number of rotatable bonds is 8. The number of fused-ring (bicyclic) bond motifs is 1. The molecule has 1 heterocycles. The number of halogens is 5. The van der Waals surface area contributed by atoms with Crippen molar-refractivity contribution in [3.63, 3.8) is 0 Å². The molecule has 0 radical (unpaired) electrons. The van der Waals surface area contributed by atoms with Gasteiger partial charge in [-0.1, -0.05) is 41.9 Å². The van der Waals surface area contributed by atoms with E-state index >= 15 is 0 Å². The highest BCUT2D eigenvalue weighted by Crippen LogP contribution is 2.42. The summed E-state index contributed by atoms with van der Waals surface area (Å²) in [6.45, 7) is -0.333. The number of hydrogen-bond donors (Lipinski definition) is 1. The summed E-state index contributed by atoms with van der Waals surface area (Å²) in [7, 11) is 0. The molecular formula is C26H20Cl2F3NO6. The van der Waals surface area contributed by atoms with Gasteiger partial charge in [0.25, 0.3) is 5.91 Å². The fraction of sp³-hybridized carbons (Fsp3) is 0.231. The first kappa shape index (κ1) is 27.6. The Morgan fingerprint density at radius 3 is 2.42 bits per heavy atom. The van der Waals surface area contributed by atoms with E-state index in [0.717, 1.165) is 0 Å². The number of benzene rings is 3. The molecule has 1 aliphatic heterocycles. The third kappa shape index (κ3) is 6.69. The highest BCUT2D eigenvalue weighted by molar-refractivity contribution is 6.32. The van der Waals surface area contributed by atoms with Crippen molar-refractivity contribution in [1.82, 2.24) is 4.42 Å². The topological polar surface area (TPSA) is 85.3 Å². The Morgan fingerprint density at radius 1 is 1.11 bits per heavy atom. The van der Waals surface area contributed by atoms with E-state index in [4.69, 9.17) is 32.9 Å². The number of carbonyl (C=O) groups is 2. The average molecular weight is 570 g/mol. The van der Waals surface area contributed by atoms with Crippen molar-refractivity contribution in [2.45, 2.75) is 24.8 Å². The van der Waals surface area contributed by atoms with Crippen LogP contribution in [0.15, 0.2) is 66.7 Å². The summed E-state index contributed by atoms with van der Waals surface area (Å²) in [5.74, 6) is -1.61. The smallest absolute Gasteiger partial charge is 0.493 e. The predicted molar refractivity (Wildman–Crippen MR) is 132 cm³/mol. The molecule has 200 valence electrons. The molecule has 1 amide bonds. The van der Waals surface area contributed by atoms with Gasteiger partial charge in [-0.2, -0.15) is 0 Å². The first-order valence-electron chi connectivity index (χ1n) is 11.3. The molecule has 3 aromatic rings. The number of ether oxygens (including phenoxy) is 3. The van der Waals surface area contributed by atoms with Crippen molar-refractivity contribution in [2.24, 2.45) is 0 Å². The SMILES string of the molecule is O=C(O)C1CCOc2cc(Oc3ccc(C(=O)N(Cl)CC(OC(F)(F)F)c4ccccc4)cc3)c(Cl)cc21. The number of carboxylic acid groups (broad SMARTS) is 1. The summed E-state index contributed by atoms with van der Waals surface area (Å²) < 4.78 is 55.0. The van der Waals surface area contributed by atoms with Gasteiger partial charge in [-0.25, -0.2) is 4.42 Å². The maximum Gasteiger partial charge on any atom is 0.523 e. The van der Waals surface area contributed by atoms with Crippen LogP contribution >= 0.6 is 23.4 Å². The van der Waals surface area contributed by atoms with E-state index in [2.05, 4.69) is 4.74 Å². The lowest BCUT2D eigenvalue weighted by Gasteiger charge is -2.24. The van der Waals surface area contributed by atoms with Crippen LogP contribution in [0.4, 0.5) is 13.2 Å². The Bertz CT molecular complexity index is 1300. The Balaban J connectivity index is 1.46. The van der Waals surface area contributed by atoms with E-state index in [0.29, 0.717) is 22.2 Å². The first-order chi connectivity index (χ1) is 18.0. The first-order valence-corrected chi connectivity index (χ1v) is 12.0. The normalized spacial score (nSPS) is 15.7. The molecule has 0 aliphatic carbocycles. The van der Waals surface area contributed by atoms with E-state index in [9.17, 15) is 27.9 Å². The van der Waals surface area contributed by atoms with Crippen molar-refractivity contribution in [1.29, 1.82) is 0 Å². The minimum Gasteiger partial charge on any atom is -0.493 e. The molecule has 1 N–H and O–H groups in total. The predicted octanol–water partition coefficient (Wildman–Crippen LogP) is 6.96. The minimum absolute atomic E-state index is 0.0929. The highest BCUT2D eigenvalue weighted by atomic mass is 35.5. The van der Waals surface area contributed by atoms with Crippen LogP contribution in [-0.4, -0.2) is 40.9 Å². The molecule has 0 bridgehead atoms. The maximum atomic E-state index is 12.9. The lowest BCUT2D eigenvalue weighted by atomic mass is 9.93. The summed E-state index contributed by atoms with van der Waals surface area (Å²) in [6.07, 6.45) is -6.15. The molecule has 0 saturated heterocycles. The lowest BCUT2D eigenvalue weighted by Crippen LogP contribution is -2.30.